The first-order valence-corrected chi connectivity index (χ1v) is 7.23. The molecule has 6 heteroatoms. The van der Waals surface area contributed by atoms with E-state index in [1.54, 1.807) is 6.92 Å². The molecule has 0 saturated heterocycles. The van der Waals surface area contributed by atoms with Crippen LogP contribution >= 0.6 is 0 Å². The summed E-state index contributed by atoms with van der Waals surface area (Å²) in [7, 11) is 0. The van der Waals surface area contributed by atoms with E-state index in [1.807, 2.05) is 33.8 Å². The van der Waals surface area contributed by atoms with E-state index in [4.69, 9.17) is 5.26 Å². The standard InChI is InChI=1S/C16H23FN4O/c1-10(9-19-14(22)7-16(3,4)5)20-15-13(17)6-12(8-18)11(2)21-15/h6,10H,7,9H2,1-5H3,(H,19,22)(H,20,21). The predicted octanol–water partition coefficient (Wildman–Crippen LogP) is 2.75. The number of aryl methyl sites for hydroxylation is 1. The first-order chi connectivity index (χ1) is 10.1. The highest BCUT2D eigenvalue weighted by molar-refractivity contribution is 5.76. The molecule has 2 N–H and O–H groups in total. The quantitative estimate of drug-likeness (QED) is 0.877. The Morgan fingerprint density at radius 2 is 2.14 bits per heavy atom. The second-order valence-corrected chi connectivity index (χ2v) is 6.65. The van der Waals surface area contributed by atoms with E-state index < -0.39 is 5.82 Å². The minimum atomic E-state index is -0.574. The third kappa shape index (κ3) is 5.68. The van der Waals surface area contributed by atoms with Crippen LogP contribution in [0, 0.1) is 29.5 Å². The molecule has 120 valence electrons. The summed E-state index contributed by atoms with van der Waals surface area (Å²) in [5, 5.41) is 14.6. The van der Waals surface area contributed by atoms with Gasteiger partial charge in [-0.2, -0.15) is 5.26 Å². The Kier molecular flexibility index (Phi) is 5.86. The maximum atomic E-state index is 13.8. The van der Waals surface area contributed by atoms with Crippen molar-refractivity contribution in [2.45, 2.75) is 47.1 Å². The van der Waals surface area contributed by atoms with Crippen LogP contribution in [0.15, 0.2) is 6.07 Å². The molecule has 0 fully saturated rings. The lowest BCUT2D eigenvalue weighted by atomic mass is 9.92. The third-order valence-corrected chi connectivity index (χ3v) is 2.97. The number of pyridine rings is 1. The highest BCUT2D eigenvalue weighted by atomic mass is 19.1. The van der Waals surface area contributed by atoms with Crippen LogP contribution < -0.4 is 10.6 Å². The number of halogens is 1. The Labute approximate surface area is 130 Å². The fourth-order valence-corrected chi connectivity index (χ4v) is 1.89. The van der Waals surface area contributed by atoms with Gasteiger partial charge in [0, 0.05) is 19.0 Å². The molecule has 0 aliphatic rings. The zero-order valence-corrected chi connectivity index (χ0v) is 13.7. The van der Waals surface area contributed by atoms with Crippen LogP contribution in [0.5, 0.6) is 0 Å². The summed E-state index contributed by atoms with van der Waals surface area (Å²) in [6.45, 7) is 9.83. The average Bonchev–Trinajstić information content (AvgIpc) is 2.38. The van der Waals surface area contributed by atoms with Crippen LogP contribution in [0.1, 0.15) is 45.4 Å². The van der Waals surface area contributed by atoms with Gasteiger partial charge in [0.1, 0.15) is 6.07 Å². The molecule has 1 aromatic rings. The molecule has 0 spiro atoms. The second-order valence-electron chi connectivity index (χ2n) is 6.65. The lowest BCUT2D eigenvalue weighted by Crippen LogP contribution is -2.36. The largest absolute Gasteiger partial charge is 0.363 e. The van der Waals surface area contributed by atoms with Crippen LogP contribution in [0.4, 0.5) is 10.2 Å². The summed E-state index contributed by atoms with van der Waals surface area (Å²) in [5.41, 5.74) is 0.614. The van der Waals surface area contributed by atoms with Crippen molar-refractivity contribution in [3.63, 3.8) is 0 Å². The Bertz CT molecular complexity index is 587. The first kappa shape index (κ1) is 17.9. The Morgan fingerprint density at radius 1 is 1.50 bits per heavy atom. The summed E-state index contributed by atoms with van der Waals surface area (Å²) < 4.78 is 13.8. The predicted molar refractivity (Wildman–Crippen MR) is 83.8 cm³/mol. The SMILES string of the molecule is Cc1nc(NC(C)CNC(=O)CC(C)(C)C)c(F)cc1C#N. The summed E-state index contributed by atoms with van der Waals surface area (Å²) >= 11 is 0. The van der Waals surface area contributed by atoms with Gasteiger partial charge in [-0.05, 0) is 25.3 Å². The van der Waals surface area contributed by atoms with Gasteiger partial charge in [-0.3, -0.25) is 4.79 Å². The molecule has 1 atom stereocenters. The van der Waals surface area contributed by atoms with Crippen molar-refractivity contribution in [1.29, 1.82) is 5.26 Å². The molecular formula is C16H23FN4O. The number of nitrogens with one attached hydrogen (secondary N) is 2. The zero-order chi connectivity index (χ0) is 16.9. The molecule has 0 aliphatic heterocycles. The van der Waals surface area contributed by atoms with Gasteiger partial charge < -0.3 is 10.6 Å². The van der Waals surface area contributed by atoms with E-state index in [0.29, 0.717) is 18.7 Å². The number of hydrogen-bond donors (Lipinski definition) is 2. The molecule has 1 rings (SSSR count). The molecule has 0 aromatic carbocycles. The van der Waals surface area contributed by atoms with Crippen molar-refractivity contribution in [1.82, 2.24) is 10.3 Å². The van der Waals surface area contributed by atoms with Crippen molar-refractivity contribution in [2.24, 2.45) is 5.41 Å². The van der Waals surface area contributed by atoms with Gasteiger partial charge in [-0.15, -0.1) is 0 Å². The van der Waals surface area contributed by atoms with Crippen LogP contribution in [-0.4, -0.2) is 23.5 Å². The molecule has 22 heavy (non-hydrogen) atoms. The number of nitriles is 1. The Hall–Kier alpha value is -2.16. The van der Waals surface area contributed by atoms with Crippen LogP contribution in [0.2, 0.25) is 0 Å². The maximum absolute atomic E-state index is 13.8. The van der Waals surface area contributed by atoms with Crippen molar-refractivity contribution < 1.29 is 9.18 Å². The molecule has 1 unspecified atom stereocenters. The number of hydrogen-bond acceptors (Lipinski definition) is 4. The highest BCUT2D eigenvalue weighted by Crippen LogP contribution is 2.18. The molecular weight excluding hydrogens is 283 g/mol. The van der Waals surface area contributed by atoms with E-state index in [9.17, 15) is 9.18 Å². The van der Waals surface area contributed by atoms with Gasteiger partial charge in [0.25, 0.3) is 0 Å². The van der Waals surface area contributed by atoms with Gasteiger partial charge >= 0.3 is 0 Å². The van der Waals surface area contributed by atoms with E-state index in [2.05, 4.69) is 15.6 Å². The number of carbonyl (C=O) groups excluding carboxylic acids is 1. The molecule has 5 nitrogen and oxygen atoms in total. The summed E-state index contributed by atoms with van der Waals surface area (Å²) in [4.78, 5) is 15.8. The van der Waals surface area contributed by atoms with Gasteiger partial charge in [-0.25, -0.2) is 9.37 Å². The number of carbonyl (C=O) groups is 1. The Morgan fingerprint density at radius 3 is 2.68 bits per heavy atom. The summed E-state index contributed by atoms with van der Waals surface area (Å²) in [6, 6.07) is 2.87. The van der Waals surface area contributed by atoms with Gasteiger partial charge in [0.15, 0.2) is 11.6 Å². The van der Waals surface area contributed by atoms with Gasteiger partial charge in [0.2, 0.25) is 5.91 Å². The van der Waals surface area contributed by atoms with Crippen molar-refractivity contribution in [3.8, 4) is 6.07 Å². The van der Waals surface area contributed by atoms with Crippen LogP contribution in [0.25, 0.3) is 0 Å². The summed E-state index contributed by atoms with van der Waals surface area (Å²) in [6.07, 6.45) is 0.433. The minimum Gasteiger partial charge on any atom is -0.363 e. The first-order valence-electron chi connectivity index (χ1n) is 7.23. The van der Waals surface area contributed by atoms with E-state index in [1.165, 1.54) is 0 Å². The molecule has 1 amide bonds. The monoisotopic (exact) mass is 306 g/mol. The van der Waals surface area contributed by atoms with E-state index in [0.717, 1.165) is 6.07 Å². The fourth-order valence-electron chi connectivity index (χ4n) is 1.89. The number of rotatable bonds is 5. The zero-order valence-electron chi connectivity index (χ0n) is 13.7. The molecule has 0 bridgehead atoms. The van der Waals surface area contributed by atoms with Gasteiger partial charge in [0.05, 0.1) is 11.3 Å². The Balaban J connectivity index is 2.59. The molecule has 1 aromatic heterocycles. The van der Waals surface area contributed by atoms with Crippen LogP contribution in [0.3, 0.4) is 0 Å². The molecule has 0 radical (unpaired) electrons. The van der Waals surface area contributed by atoms with E-state index in [-0.39, 0.29) is 28.7 Å². The number of anilines is 1. The normalized spacial score (nSPS) is 12.4. The molecule has 0 saturated carbocycles. The topological polar surface area (TPSA) is 77.8 Å². The van der Waals surface area contributed by atoms with Gasteiger partial charge in [-0.1, -0.05) is 20.8 Å². The second kappa shape index (κ2) is 7.21. The van der Waals surface area contributed by atoms with E-state index >= 15 is 0 Å². The molecule has 1 heterocycles. The lowest BCUT2D eigenvalue weighted by molar-refractivity contribution is -0.122. The average molecular weight is 306 g/mol. The number of amides is 1. The minimum absolute atomic E-state index is 0.0365. The third-order valence-electron chi connectivity index (χ3n) is 2.97. The van der Waals surface area contributed by atoms with Crippen molar-refractivity contribution in [3.05, 3.63) is 23.1 Å². The maximum Gasteiger partial charge on any atom is 0.220 e. The number of nitrogens with zero attached hydrogens (tertiary/aromatic N) is 2. The lowest BCUT2D eigenvalue weighted by Gasteiger charge is -2.20. The highest BCUT2D eigenvalue weighted by Gasteiger charge is 2.17. The number of aromatic nitrogens is 1. The van der Waals surface area contributed by atoms with Crippen molar-refractivity contribution in [2.75, 3.05) is 11.9 Å². The molecule has 0 aliphatic carbocycles. The smallest absolute Gasteiger partial charge is 0.220 e. The summed E-state index contributed by atoms with van der Waals surface area (Å²) in [5.74, 6) is -0.519. The van der Waals surface area contributed by atoms with Crippen molar-refractivity contribution >= 4 is 11.7 Å². The van der Waals surface area contributed by atoms with Crippen LogP contribution in [-0.2, 0) is 4.79 Å². The fraction of sp³-hybridized carbons (Fsp3) is 0.562.